The molecule has 0 radical (unpaired) electrons. The van der Waals surface area contributed by atoms with E-state index in [2.05, 4.69) is 11.8 Å². The molecule has 2 unspecified atom stereocenters. The topological polar surface area (TPSA) is 38.5 Å². The van der Waals surface area contributed by atoms with Crippen molar-refractivity contribution in [2.45, 2.75) is 50.8 Å². The van der Waals surface area contributed by atoms with Crippen molar-refractivity contribution in [1.82, 2.24) is 4.90 Å². The van der Waals surface area contributed by atoms with Crippen molar-refractivity contribution in [2.24, 2.45) is 5.73 Å². The number of hydrogen-bond acceptors (Lipinski definition) is 3. The van der Waals surface area contributed by atoms with E-state index in [0.29, 0.717) is 12.1 Å². The molecule has 14 heavy (non-hydrogen) atoms. The van der Waals surface area contributed by atoms with Crippen LogP contribution in [0.3, 0.4) is 0 Å². The monoisotopic (exact) mass is 198 g/mol. The summed E-state index contributed by atoms with van der Waals surface area (Å²) < 4.78 is 5.81. The number of morpholine rings is 1. The molecular formula is C11H22N2O. The van der Waals surface area contributed by atoms with Crippen molar-refractivity contribution < 1.29 is 4.74 Å². The van der Waals surface area contributed by atoms with Crippen LogP contribution in [0.1, 0.15) is 32.6 Å². The zero-order chi connectivity index (χ0) is 9.97. The lowest BCUT2D eigenvalue weighted by molar-refractivity contribution is -0.0889. The Bertz CT molecular complexity index is 182. The Hall–Kier alpha value is -0.120. The lowest BCUT2D eigenvalue weighted by atomic mass is 9.90. The van der Waals surface area contributed by atoms with E-state index >= 15 is 0 Å². The average molecular weight is 198 g/mol. The summed E-state index contributed by atoms with van der Waals surface area (Å²) in [6.45, 7) is 5.09. The van der Waals surface area contributed by atoms with Crippen LogP contribution in [0.15, 0.2) is 0 Å². The summed E-state index contributed by atoms with van der Waals surface area (Å²) in [5.41, 5.74) is 5.86. The van der Waals surface area contributed by atoms with Crippen LogP contribution >= 0.6 is 0 Å². The molecule has 2 aliphatic rings. The van der Waals surface area contributed by atoms with Crippen molar-refractivity contribution in [1.29, 1.82) is 0 Å². The Kier molecular flexibility index (Phi) is 3.42. The molecule has 0 bridgehead atoms. The van der Waals surface area contributed by atoms with Crippen LogP contribution in [0.2, 0.25) is 0 Å². The minimum Gasteiger partial charge on any atom is -0.375 e. The fourth-order valence-electron chi connectivity index (χ4n) is 2.77. The number of nitrogens with two attached hydrogens (primary N) is 1. The van der Waals surface area contributed by atoms with Crippen LogP contribution in [0.25, 0.3) is 0 Å². The quantitative estimate of drug-likeness (QED) is 0.719. The van der Waals surface area contributed by atoms with Gasteiger partial charge in [0.05, 0.1) is 12.7 Å². The first-order valence-electron chi connectivity index (χ1n) is 5.88. The van der Waals surface area contributed by atoms with Gasteiger partial charge in [-0.15, -0.1) is 0 Å². The molecule has 0 aromatic rings. The number of hydrogen-bond donors (Lipinski definition) is 1. The highest BCUT2D eigenvalue weighted by atomic mass is 16.5. The van der Waals surface area contributed by atoms with Crippen LogP contribution in [0.4, 0.5) is 0 Å². The Morgan fingerprint density at radius 1 is 1.43 bits per heavy atom. The molecule has 0 aromatic heterocycles. The van der Waals surface area contributed by atoms with Crippen molar-refractivity contribution in [3.05, 3.63) is 0 Å². The lowest BCUT2D eigenvalue weighted by Gasteiger charge is -2.44. The zero-order valence-electron chi connectivity index (χ0n) is 9.11. The smallest absolute Gasteiger partial charge is 0.0730 e. The molecule has 1 saturated heterocycles. The largest absolute Gasteiger partial charge is 0.375 e. The minimum atomic E-state index is 0.288. The van der Waals surface area contributed by atoms with Gasteiger partial charge in [0.15, 0.2) is 0 Å². The van der Waals surface area contributed by atoms with Crippen LogP contribution in [0.5, 0.6) is 0 Å². The second kappa shape index (κ2) is 4.60. The Labute approximate surface area is 86.6 Å². The molecule has 1 heterocycles. The third-order valence-corrected chi connectivity index (χ3v) is 3.37. The second-order valence-corrected chi connectivity index (χ2v) is 4.73. The van der Waals surface area contributed by atoms with E-state index in [4.69, 9.17) is 10.5 Å². The summed E-state index contributed by atoms with van der Waals surface area (Å²) in [5, 5.41) is 0. The van der Waals surface area contributed by atoms with Crippen LogP contribution in [-0.2, 0) is 4.74 Å². The lowest BCUT2D eigenvalue weighted by Crippen LogP contribution is -2.55. The predicted molar refractivity (Wildman–Crippen MR) is 57.2 cm³/mol. The molecule has 0 aromatic carbocycles. The first-order valence-corrected chi connectivity index (χ1v) is 5.88. The summed E-state index contributed by atoms with van der Waals surface area (Å²) >= 11 is 0. The van der Waals surface area contributed by atoms with Crippen molar-refractivity contribution in [3.8, 4) is 0 Å². The normalized spacial score (nSPS) is 36.4. The Morgan fingerprint density at radius 3 is 3.00 bits per heavy atom. The van der Waals surface area contributed by atoms with Gasteiger partial charge in [-0.3, -0.25) is 4.90 Å². The molecule has 1 aliphatic heterocycles. The van der Waals surface area contributed by atoms with E-state index in [1.165, 1.54) is 25.7 Å². The molecule has 82 valence electrons. The number of nitrogens with zero attached hydrogens (tertiary/aromatic N) is 1. The van der Waals surface area contributed by atoms with Gasteiger partial charge in [0.2, 0.25) is 0 Å². The van der Waals surface area contributed by atoms with Gasteiger partial charge in [-0.05, 0) is 19.8 Å². The van der Waals surface area contributed by atoms with E-state index < -0.39 is 0 Å². The standard InChI is InChI=1S/C11H22N2O/c1-9(12)8-13-6-7-14-11-5-3-2-4-10(11)13/h9-11H,2-8,12H2,1H3/t9-,10?,11?/m1/s1. The fourth-order valence-corrected chi connectivity index (χ4v) is 2.77. The first kappa shape index (κ1) is 10.4. The van der Waals surface area contributed by atoms with Gasteiger partial charge in [0, 0.05) is 25.2 Å². The highest BCUT2D eigenvalue weighted by molar-refractivity contribution is 4.88. The molecule has 2 rings (SSSR count). The van der Waals surface area contributed by atoms with E-state index in [1.54, 1.807) is 0 Å². The van der Waals surface area contributed by atoms with Crippen LogP contribution in [0, 0.1) is 0 Å². The number of rotatable bonds is 2. The summed E-state index contributed by atoms with van der Waals surface area (Å²) in [4.78, 5) is 2.54. The zero-order valence-corrected chi connectivity index (χ0v) is 9.11. The van der Waals surface area contributed by atoms with Crippen molar-refractivity contribution >= 4 is 0 Å². The van der Waals surface area contributed by atoms with Gasteiger partial charge < -0.3 is 10.5 Å². The molecule has 1 saturated carbocycles. The van der Waals surface area contributed by atoms with Crippen LogP contribution < -0.4 is 5.73 Å². The van der Waals surface area contributed by atoms with E-state index in [1.807, 2.05) is 0 Å². The van der Waals surface area contributed by atoms with Gasteiger partial charge in [-0.2, -0.15) is 0 Å². The minimum absolute atomic E-state index is 0.288. The average Bonchev–Trinajstić information content (AvgIpc) is 2.18. The van der Waals surface area contributed by atoms with Gasteiger partial charge >= 0.3 is 0 Å². The van der Waals surface area contributed by atoms with E-state index in [0.717, 1.165) is 19.7 Å². The van der Waals surface area contributed by atoms with Gasteiger partial charge in [-0.1, -0.05) is 12.8 Å². The maximum Gasteiger partial charge on any atom is 0.0730 e. The third-order valence-electron chi connectivity index (χ3n) is 3.37. The van der Waals surface area contributed by atoms with E-state index in [9.17, 15) is 0 Å². The Balaban J connectivity index is 1.94. The molecule has 3 nitrogen and oxygen atoms in total. The molecule has 1 aliphatic carbocycles. The van der Waals surface area contributed by atoms with Crippen molar-refractivity contribution in [2.75, 3.05) is 19.7 Å². The van der Waals surface area contributed by atoms with Gasteiger partial charge in [0.1, 0.15) is 0 Å². The maximum atomic E-state index is 5.86. The molecule has 2 fully saturated rings. The predicted octanol–water partition coefficient (Wildman–Crippen LogP) is 0.977. The second-order valence-electron chi connectivity index (χ2n) is 4.73. The SMILES string of the molecule is C[C@@H](N)CN1CCOC2CCCCC21. The first-order chi connectivity index (χ1) is 6.77. The van der Waals surface area contributed by atoms with Gasteiger partial charge in [0.25, 0.3) is 0 Å². The number of ether oxygens (including phenoxy) is 1. The molecule has 2 N–H and O–H groups in total. The molecule has 3 heteroatoms. The van der Waals surface area contributed by atoms with Crippen LogP contribution in [-0.4, -0.2) is 42.8 Å². The molecule has 0 amide bonds. The molecule has 3 atom stereocenters. The molecular weight excluding hydrogens is 176 g/mol. The summed E-state index contributed by atoms with van der Waals surface area (Å²) in [7, 11) is 0. The van der Waals surface area contributed by atoms with E-state index in [-0.39, 0.29) is 6.04 Å². The summed E-state index contributed by atoms with van der Waals surface area (Å²) in [6.07, 6.45) is 5.75. The maximum absolute atomic E-state index is 5.86. The molecule has 0 spiro atoms. The highest BCUT2D eigenvalue weighted by Gasteiger charge is 2.33. The fraction of sp³-hybridized carbons (Fsp3) is 1.00. The third kappa shape index (κ3) is 2.27. The Morgan fingerprint density at radius 2 is 2.21 bits per heavy atom. The highest BCUT2D eigenvalue weighted by Crippen LogP contribution is 2.28. The van der Waals surface area contributed by atoms with Crippen molar-refractivity contribution in [3.63, 3.8) is 0 Å². The van der Waals surface area contributed by atoms with Gasteiger partial charge in [-0.25, -0.2) is 0 Å². The number of fused-ring (bicyclic) bond motifs is 1. The summed E-state index contributed by atoms with van der Waals surface area (Å²) in [5.74, 6) is 0. The summed E-state index contributed by atoms with van der Waals surface area (Å²) in [6, 6.07) is 0.944.